The lowest BCUT2D eigenvalue weighted by molar-refractivity contribution is -0.143. The van der Waals surface area contributed by atoms with E-state index in [2.05, 4.69) is 10.3 Å². The van der Waals surface area contributed by atoms with Gasteiger partial charge >= 0.3 is 0 Å². The van der Waals surface area contributed by atoms with Gasteiger partial charge in [-0.2, -0.15) is 0 Å². The maximum absolute atomic E-state index is 12.4. The van der Waals surface area contributed by atoms with E-state index in [-0.39, 0.29) is 37.0 Å². The number of amides is 2. The summed E-state index contributed by atoms with van der Waals surface area (Å²) >= 11 is 0. The van der Waals surface area contributed by atoms with E-state index >= 15 is 0 Å². The van der Waals surface area contributed by atoms with Crippen LogP contribution in [0.15, 0.2) is 24.4 Å². The Bertz CT molecular complexity index is 619. The number of ether oxygens (including phenoxy) is 1. The summed E-state index contributed by atoms with van der Waals surface area (Å²) in [5.41, 5.74) is 0.706. The van der Waals surface area contributed by atoms with Crippen LogP contribution >= 0.6 is 0 Å². The number of carbonyl (C=O) groups excluding carboxylic acids is 2. The van der Waals surface area contributed by atoms with E-state index in [1.165, 1.54) is 6.42 Å². The number of pyridine rings is 1. The highest BCUT2D eigenvalue weighted by Gasteiger charge is 2.33. The molecule has 1 aromatic rings. The number of aliphatic hydroxyl groups excluding tert-OH is 1. The van der Waals surface area contributed by atoms with Crippen molar-refractivity contribution in [2.75, 3.05) is 19.7 Å². The Balaban J connectivity index is 1.47. The first kappa shape index (κ1) is 19.8. The number of hydrogen-bond acceptors (Lipinski definition) is 5. The van der Waals surface area contributed by atoms with Crippen LogP contribution in [0.25, 0.3) is 0 Å². The lowest BCUT2D eigenvalue weighted by Gasteiger charge is -2.37. The van der Waals surface area contributed by atoms with Crippen molar-refractivity contribution in [3.8, 4) is 0 Å². The second-order valence-electron chi connectivity index (χ2n) is 7.37. The fourth-order valence-corrected chi connectivity index (χ4v) is 3.84. The number of aromatic nitrogens is 1. The molecule has 2 aliphatic rings. The largest absolute Gasteiger partial charge is 0.394 e. The summed E-state index contributed by atoms with van der Waals surface area (Å²) in [7, 11) is 0. The second-order valence-corrected chi connectivity index (χ2v) is 7.37. The number of likely N-dealkylation sites (tertiary alicyclic amines) is 1. The number of carbonyl (C=O) groups is 2. The molecule has 0 aromatic carbocycles. The quantitative estimate of drug-likeness (QED) is 0.775. The third kappa shape index (κ3) is 5.74. The average Bonchev–Trinajstić information content (AvgIpc) is 2.70. The minimum absolute atomic E-state index is 0.133. The molecule has 27 heavy (non-hydrogen) atoms. The molecule has 2 fully saturated rings. The van der Waals surface area contributed by atoms with Gasteiger partial charge in [-0.05, 0) is 44.2 Å². The van der Waals surface area contributed by atoms with Gasteiger partial charge in [0.25, 0.3) is 0 Å². The lowest BCUT2D eigenvalue weighted by atomic mass is 9.96. The zero-order chi connectivity index (χ0) is 19.1. The molecule has 1 aromatic heterocycles. The number of aliphatic hydroxyl groups is 1. The third-order valence-corrected chi connectivity index (χ3v) is 5.32. The highest BCUT2D eigenvalue weighted by molar-refractivity contribution is 5.78. The van der Waals surface area contributed by atoms with E-state index in [1.807, 2.05) is 23.1 Å². The van der Waals surface area contributed by atoms with Gasteiger partial charge < -0.3 is 20.1 Å². The fourth-order valence-electron chi connectivity index (χ4n) is 3.84. The lowest BCUT2D eigenvalue weighted by Crippen LogP contribution is -2.52. The van der Waals surface area contributed by atoms with Crippen LogP contribution in [0.3, 0.4) is 0 Å². The molecule has 0 saturated carbocycles. The molecule has 7 nitrogen and oxygen atoms in total. The van der Waals surface area contributed by atoms with Crippen LogP contribution in [0.4, 0.5) is 0 Å². The third-order valence-electron chi connectivity index (χ3n) is 5.32. The molecule has 3 atom stereocenters. The van der Waals surface area contributed by atoms with Gasteiger partial charge in [0.2, 0.25) is 11.8 Å². The Morgan fingerprint density at radius 3 is 2.74 bits per heavy atom. The maximum atomic E-state index is 12.4. The van der Waals surface area contributed by atoms with E-state index in [0.29, 0.717) is 25.0 Å². The summed E-state index contributed by atoms with van der Waals surface area (Å²) in [5.74, 6) is -0.00220. The van der Waals surface area contributed by atoms with Gasteiger partial charge in [-0.1, -0.05) is 6.07 Å². The number of rotatable bonds is 6. The minimum atomic E-state index is -0.481. The first-order valence-corrected chi connectivity index (χ1v) is 9.89. The molecule has 3 heterocycles. The van der Waals surface area contributed by atoms with Crippen molar-refractivity contribution >= 4 is 11.8 Å². The molecule has 0 aliphatic carbocycles. The van der Waals surface area contributed by atoms with E-state index in [9.17, 15) is 14.7 Å². The molecule has 2 amide bonds. The zero-order valence-corrected chi connectivity index (χ0v) is 15.7. The summed E-state index contributed by atoms with van der Waals surface area (Å²) in [6.07, 6.45) is 6.26. The molecule has 7 heteroatoms. The van der Waals surface area contributed by atoms with Gasteiger partial charge in [-0.25, -0.2) is 0 Å². The number of piperidine rings is 1. The minimum Gasteiger partial charge on any atom is -0.394 e. The molecular formula is C20H29N3O4. The maximum Gasteiger partial charge on any atom is 0.226 e. The molecule has 2 saturated heterocycles. The molecular weight excluding hydrogens is 346 g/mol. The standard InChI is InChI=1S/C20H29N3O4/c24-14-18-17(22-19(25)12-15-6-2-3-9-21-15)8-7-16(27-18)13-20(26)23-10-4-1-5-11-23/h2-3,6,9,16-18,24H,1,4-5,7-8,10-14H2,(H,22,25)/t16-,17+,18-/m1/s1. The number of nitrogens with zero attached hydrogens (tertiary/aromatic N) is 2. The molecule has 148 valence electrons. The monoisotopic (exact) mass is 375 g/mol. The Hall–Kier alpha value is -1.99. The SMILES string of the molecule is O=C(Cc1ccccn1)N[C@H]1CC[C@H](CC(=O)N2CCCCC2)O[C@@H]1CO. The van der Waals surface area contributed by atoms with Crippen molar-refractivity contribution in [1.82, 2.24) is 15.2 Å². The summed E-state index contributed by atoms with van der Waals surface area (Å²) < 4.78 is 5.93. The van der Waals surface area contributed by atoms with Gasteiger partial charge in [0.1, 0.15) is 6.10 Å². The summed E-state index contributed by atoms with van der Waals surface area (Å²) in [5, 5.41) is 12.6. The van der Waals surface area contributed by atoms with Crippen molar-refractivity contribution in [2.24, 2.45) is 0 Å². The van der Waals surface area contributed by atoms with Crippen LogP contribution < -0.4 is 5.32 Å². The predicted octanol–water partition coefficient (Wildman–Crippen LogP) is 1.05. The van der Waals surface area contributed by atoms with Crippen molar-refractivity contribution in [3.63, 3.8) is 0 Å². The van der Waals surface area contributed by atoms with Crippen molar-refractivity contribution in [1.29, 1.82) is 0 Å². The van der Waals surface area contributed by atoms with E-state index in [1.54, 1.807) is 6.20 Å². The molecule has 0 spiro atoms. The Morgan fingerprint density at radius 2 is 2.04 bits per heavy atom. The molecule has 3 rings (SSSR count). The number of hydrogen-bond donors (Lipinski definition) is 2. The van der Waals surface area contributed by atoms with Crippen LogP contribution in [-0.2, 0) is 20.7 Å². The first-order chi connectivity index (χ1) is 13.2. The van der Waals surface area contributed by atoms with Crippen LogP contribution in [0.2, 0.25) is 0 Å². The van der Waals surface area contributed by atoms with Crippen LogP contribution in [0, 0.1) is 0 Å². The summed E-state index contributed by atoms with van der Waals surface area (Å²) in [6.45, 7) is 1.49. The van der Waals surface area contributed by atoms with Crippen molar-refractivity contribution < 1.29 is 19.4 Å². The highest BCUT2D eigenvalue weighted by atomic mass is 16.5. The molecule has 0 radical (unpaired) electrons. The van der Waals surface area contributed by atoms with E-state index in [4.69, 9.17) is 4.74 Å². The van der Waals surface area contributed by atoms with Gasteiger partial charge in [0.15, 0.2) is 0 Å². The Morgan fingerprint density at radius 1 is 1.22 bits per heavy atom. The second kappa shape index (κ2) is 9.80. The first-order valence-electron chi connectivity index (χ1n) is 9.89. The smallest absolute Gasteiger partial charge is 0.226 e. The normalized spacial score (nSPS) is 25.8. The summed E-state index contributed by atoms with van der Waals surface area (Å²) in [6, 6.07) is 5.22. The highest BCUT2D eigenvalue weighted by Crippen LogP contribution is 2.23. The van der Waals surface area contributed by atoms with Gasteiger partial charge in [-0.3, -0.25) is 14.6 Å². The molecule has 0 unspecified atom stereocenters. The van der Waals surface area contributed by atoms with Gasteiger partial charge in [-0.15, -0.1) is 0 Å². The molecule has 2 aliphatic heterocycles. The van der Waals surface area contributed by atoms with Gasteiger partial charge in [0.05, 0.1) is 31.6 Å². The predicted molar refractivity (Wildman–Crippen MR) is 99.9 cm³/mol. The molecule has 0 bridgehead atoms. The van der Waals surface area contributed by atoms with Crippen LogP contribution in [0.1, 0.15) is 44.2 Å². The summed E-state index contributed by atoms with van der Waals surface area (Å²) in [4.78, 5) is 30.8. The van der Waals surface area contributed by atoms with Crippen LogP contribution in [0.5, 0.6) is 0 Å². The Labute approximate surface area is 160 Å². The van der Waals surface area contributed by atoms with Crippen LogP contribution in [-0.4, -0.2) is 64.8 Å². The molecule has 2 N–H and O–H groups in total. The van der Waals surface area contributed by atoms with Gasteiger partial charge in [0, 0.05) is 25.0 Å². The van der Waals surface area contributed by atoms with Crippen molar-refractivity contribution in [3.05, 3.63) is 30.1 Å². The van der Waals surface area contributed by atoms with E-state index in [0.717, 1.165) is 25.9 Å². The van der Waals surface area contributed by atoms with Crippen molar-refractivity contribution in [2.45, 2.75) is 63.2 Å². The Kier molecular flexibility index (Phi) is 7.18. The average molecular weight is 375 g/mol. The number of nitrogens with one attached hydrogen (secondary N) is 1. The zero-order valence-electron chi connectivity index (χ0n) is 15.7. The topological polar surface area (TPSA) is 91.8 Å². The fraction of sp³-hybridized carbons (Fsp3) is 0.650. The van der Waals surface area contributed by atoms with E-state index < -0.39 is 6.10 Å².